The van der Waals surface area contributed by atoms with Crippen molar-refractivity contribution in [3.8, 4) is 5.75 Å². The van der Waals surface area contributed by atoms with E-state index < -0.39 is 0 Å². The normalized spacial score (nSPS) is 12.2. The lowest BCUT2D eigenvalue weighted by molar-refractivity contribution is 0.301. The first-order chi connectivity index (χ1) is 10.6. The standard InChI is InChI=1S/C19H24ClNO/c1-4-15(3)21-12-17-11-18(20)9-10-19(17)22-13-16-8-6-5-7-14(16)2/h5-11,15,21H,4,12-13H2,1-3H3/t15-/m1/s1. The Labute approximate surface area is 138 Å². The van der Waals surface area contributed by atoms with E-state index in [1.165, 1.54) is 11.1 Å². The van der Waals surface area contributed by atoms with E-state index in [9.17, 15) is 0 Å². The molecule has 0 aliphatic rings. The summed E-state index contributed by atoms with van der Waals surface area (Å²) in [5.74, 6) is 0.892. The lowest BCUT2D eigenvalue weighted by Gasteiger charge is -2.16. The van der Waals surface area contributed by atoms with Crippen molar-refractivity contribution in [1.29, 1.82) is 0 Å². The SMILES string of the molecule is CC[C@@H](C)NCc1cc(Cl)ccc1OCc1ccccc1C. The molecule has 1 atom stereocenters. The van der Waals surface area contributed by atoms with Crippen LogP contribution in [0.15, 0.2) is 42.5 Å². The third kappa shape index (κ3) is 4.75. The minimum absolute atomic E-state index is 0.475. The molecule has 0 radical (unpaired) electrons. The zero-order valence-electron chi connectivity index (χ0n) is 13.5. The smallest absolute Gasteiger partial charge is 0.124 e. The number of hydrogen-bond donors (Lipinski definition) is 1. The van der Waals surface area contributed by atoms with Crippen LogP contribution in [-0.4, -0.2) is 6.04 Å². The summed E-state index contributed by atoms with van der Waals surface area (Å²) >= 11 is 6.13. The molecule has 118 valence electrons. The summed E-state index contributed by atoms with van der Waals surface area (Å²) < 4.78 is 6.03. The molecule has 0 unspecified atom stereocenters. The molecule has 0 fully saturated rings. The number of halogens is 1. The summed E-state index contributed by atoms with van der Waals surface area (Å²) in [5.41, 5.74) is 3.55. The van der Waals surface area contributed by atoms with Crippen molar-refractivity contribution < 1.29 is 4.74 Å². The van der Waals surface area contributed by atoms with Gasteiger partial charge in [-0.1, -0.05) is 42.8 Å². The van der Waals surface area contributed by atoms with Gasteiger partial charge in [0.1, 0.15) is 12.4 Å². The van der Waals surface area contributed by atoms with Crippen LogP contribution in [0.25, 0.3) is 0 Å². The number of nitrogens with one attached hydrogen (secondary N) is 1. The Hall–Kier alpha value is -1.51. The largest absolute Gasteiger partial charge is 0.489 e. The van der Waals surface area contributed by atoms with Crippen molar-refractivity contribution in [2.24, 2.45) is 0 Å². The maximum atomic E-state index is 6.13. The van der Waals surface area contributed by atoms with Gasteiger partial charge < -0.3 is 10.1 Å². The van der Waals surface area contributed by atoms with Gasteiger partial charge in [-0.15, -0.1) is 0 Å². The number of ether oxygens (including phenoxy) is 1. The Kier molecular flexibility index (Phi) is 6.29. The predicted octanol–water partition coefficient (Wildman–Crippen LogP) is 5.12. The number of benzene rings is 2. The van der Waals surface area contributed by atoms with E-state index in [-0.39, 0.29) is 0 Å². The summed E-state index contributed by atoms with van der Waals surface area (Å²) in [7, 11) is 0. The van der Waals surface area contributed by atoms with Crippen molar-refractivity contribution in [2.75, 3.05) is 0 Å². The zero-order valence-corrected chi connectivity index (χ0v) is 14.3. The first-order valence-electron chi connectivity index (χ1n) is 7.79. The van der Waals surface area contributed by atoms with Gasteiger partial charge in [0, 0.05) is 23.2 Å². The Morgan fingerprint density at radius 2 is 1.91 bits per heavy atom. The van der Waals surface area contributed by atoms with Crippen molar-refractivity contribution >= 4 is 11.6 Å². The molecule has 2 rings (SSSR count). The van der Waals surface area contributed by atoms with Crippen molar-refractivity contribution in [3.05, 3.63) is 64.2 Å². The third-order valence-electron chi connectivity index (χ3n) is 3.92. The molecule has 3 heteroatoms. The van der Waals surface area contributed by atoms with Crippen molar-refractivity contribution in [1.82, 2.24) is 5.32 Å². The Bertz CT molecular complexity index is 612. The summed E-state index contributed by atoms with van der Waals surface area (Å²) in [5, 5.41) is 4.23. The fourth-order valence-corrected chi connectivity index (χ4v) is 2.38. The second-order valence-corrected chi connectivity index (χ2v) is 6.09. The van der Waals surface area contributed by atoms with Crippen LogP contribution in [0.2, 0.25) is 5.02 Å². The van der Waals surface area contributed by atoms with Gasteiger partial charge in [-0.3, -0.25) is 0 Å². The maximum absolute atomic E-state index is 6.13. The van der Waals surface area contributed by atoms with Crippen molar-refractivity contribution in [3.63, 3.8) is 0 Å². The molecule has 22 heavy (non-hydrogen) atoms. The highest BCUT2D eigenvalue weighted by molar-refractivity contribution is 6.30. The van der Waals surface area contributed by atoms with Crippen LogP contribution >= 0.6 is 11.6 Å². The summed E-state index contributed by atoms with van der Waals surface area (Å²) in [6.45, 7) is 7.79. The molecule has 0 saturated carbocycles. The van der Waals surface area contributed by atoms with E-state index >= 15 is 0 Å². The van der Waals surface area contributed by atoms with E-state index in [1.54, 1.807) is 0 Å². The van der Waals surface area contributed by atoms with E-state index in [0.717, 1.165) is 29.3 Å². The number of hydrogen-bond acceptors (Lipinski definition) is 2. The second kappa shape index (κ2) is 8.21. The van der Waals surface area contributed by atoms with Gasteiger partial charge >= 0.3 is 0 Å². The van der Waals surface area contributed by atoms with Crippen LogP contribution in [0.3, 0.4) is 0 Å². The van der Waals surface area contributed by atoms with E-state index in [2.05, 4.69) is 38.2 Å². The van der Waals surface area contributed by atoms with Gasteiger partial charge in [0.2, 0.25) is 0 Å². The molecule has 0 aliphatic heterocycles. The van der Waals surface area contributed by atoms with Crippen LogP contribution in [0, 0.1) is 6.92 Å². The monoisotopic (exact) mass is 317 g/mol. The minimum atomic E-state index is 0.475. The summed E-state index contributed by atoms with van der Waals surface area (Å²) in [4.78, 5) is 0. The Morgan fingerprint density at radius 3 is 2.64 bits per heavy atom. The lowest BCUT2D eigenvalue weighted by atomic mass is 10.1. The molecule has 0 aromatic heterocycles. The lowest BCUT2D eigenvalue weighted by Crippen LogP contribution is -2.24. The van der Waals surface area contributed by atoms with Gasteiger partial charge in [0.25, 0.3) is 0 Å². The minimum Gasteiger partial charge on any atom is -0.489 e. The first-order valence-corrected chi connectivity index (χ1v) is 8.17. The quantitative estimate of drug-likeness (QED) is 0.765. The van der Waals surface area contributed by atoms with Crippen LogP contribution in [0.1, 0.15) is 37.0 Å². The topological polar surface area (TPSA) is 21.3 Å². The van der Waals surface area contributed by atoms with Crippen LogP contribution in [-0.2, 0) is 13.2 Å². The van der Waals surface area contributed by atoms with Gasteiger partial charge in [0.15, 0.2) is 0 Å². The molecule has 2 aromatic carbocycles. The molecule has 0 aliphatic carbocycles. The van der Waals surface area contributed by atoms with Gasteiger partial charge in [0.05, 0.1) is 0 Å². The fraction of sp³-hybridized carbons (Fsp3) is 0.368. The fourth-order valence-electron chi connectivity index (χ4n) is 2.18. The highest BCUT2D eigenvalue weighted by atomic mass is 35.5. The van der Waals surface area contributed by atoms with Crippen LogP contribution < -0.4 is 10.1 Å². The average Bonchev–Trinajstić information content (AvgIpc) is 2.53. The van der Waals surface area contributed by atoms with E-state index in [0.29, 0.717) is 12.6 Å². The highest BCUT2D eigenvalue weighted by Gasteiger charge is 2.07. The second-order valence-electron chi connectivity index (χ2n) is 5.66. The highest BCUT2D eigenvalue weighted by Crippen LogP contribution is 2.24. The molecular formula is C19H24ClNO. The van der Waals surface area contributed by atoms with Crippen LogP contribution in [0.4, 0.5) is 0 Å². The van der Waals surface area contributed by atoms with Gasteiger partial charge in [-0.2, -0.15) is 0 Å². The molecule has 0 spiro atoms. The molecule has 0 saturated heterocycles. The molecule has 1 N–H and O–H groups in total. The molecule has 0 amide bonds. The Balaban J connectivity index is 2.08. The van der Waals surface area contributed by atoms with Crippen LogP contribution in [0.5, 0.6) is 5.75 Å². The molecule has 0 bridgehead atoms. The molecule has 2 aromatic rings. The van der Waals surface area contributed by atoms with Gasteiger partial charge in [-0.05, 0) is 49.6 Å². The van der Waals surface area contributed by atoms with E-state index in [1.807, 2.05) is 30.3 Å². The van der Waals surface area contributed by atoms with E-state index in [4.69, 9.17) is 16.3 Å². The van der Waals surface area contributed by atoms with Crippen molar-refractivity contribution in [2.45, 2.75) is 46.4 Å². The maximum Gasteiger partial charge on any atom is 0.124 e. The van der Waals surface area contributed by atoms with Gasteiger partial charge in [-0.25, -0.2) is 0 Å². The molecule has 0 heterocycles. The average molecular weight is 318 g/mol. The molecule has 2 nitrogen and oxygen atoms in total. The Morgan fingerprint density at radius 1 is 1.14 bits per heavy atom. The zero-order chi connectivity index (χ0) is 15.9. The number of aryl methyl sites for hydroxylation is 1. The predicted molar refractivity (Wildman–Crippen MR) is 93.6 cm³/mol. The summed E-state index contributed by atoms with van der Waals surface area (Å²) in [6, 6.07) is 14.6. The summed E-state index contributed by atoms with van der Waals surface area (Å²) in [6.07, 6.45) is 1.10. The third-order valence-corrected chi connectivity index (χ3v) is 4.16. The first kappa shape index (κ1) is 16.9. The number of rotatable bonds is 7. The molecular weight excluding hydrogens is 294 g/mol.